The van der Waals surface area contributed by atoms with Crippen molar-refractivity contribution in [2.24, 2.45) is 0 Å². The average molecular weight is 370 g/mol. The third-order valence-electron chi connectivity index (χ3n) is 6.42. The second-order valence-corrected chi connectivity index (χ2v) is 8.24. The van der Waals surface area contributed by atoms with Gasteiger partial charge in [-0.05, 0) is 75.3 Å². The fraction of sp³-hybridized carbons (Fsp3) is 0.320. The number of likely N-dealkylation sites (tertiary alicyclic amines) is 1. The molecule has 0 aliphatic carbocycles. The summed E-state index contributed by atoms with van der Waals surface area (Å²) in [7, 11) is 2.26. The summed E-state index contributed by atoms with van der Waals surface area (Å²) in [5, 5.41) is 0. The van der Waals surface area contributed by atoms with Gasteiger partial charge in [0.15, 0.2) is 0 Å². The number of rotatable bonds is 2. The molecule has 142 valence electrons. The molecule has 2 atom stereocenters. The molecule has 0 N–H and O–H groups in total. The van der Waals surface area contributed by atoms with Crippen molar-refractivity contribution in [1.29, 1.82) is 0 Å². The largest absolute Gasteiger partial charge is 0.337 e. The van der Waals surface area contributed by atoms with Gasteiger partial charge < -0.3 is 9.80 Å². The summed E-state index contributed by atoms with van der Waals surface area (Å²) in [5.41, 5.74) is 8.12. The fourth-order valence-electron chi connectivity index (χ4n) is 5.03. The van der Waals surface area contributed by atoms with Crippen molar-refractivity contribution >= 4 is 11.4 Å². The van der Waals surface area contributed by atoms with Crippen molar-refractivity contribution in [3.05, 3.63) is 78.1 Å². The van der Waals surface area contributed by atoms with Gasteiger partial charge in [0.1, 0.15) is 0 Å². The van der Waals surface area contributed by atoms with Crippen LogP contribution in [0, 0.1) is 6.92 Å². The Kier molecular flexibility index (Phi) is 4.40. The quantitative estimate of drug-likeness (QED) is 0.604. The van der Waals surface area contributed by atoms with Crippen LogP contribution in [0.4, 0.5) is 11.4 Å². The van der Waals surface area contributed by atoms with Crippen LogP contribution in [-0.4, -0.2) is 36.1 Å². The highest BCUT2D eigenvalue weighted by Gasteiger charge is 2.40. The summed E-state index contributed by atoms with van der Waals surface area (Å²) in [4.78, 5) is 9.33. The summed E-state index contributed by atoms with van der Waals surface area (Å²) in [6.07, 6.45) is 6.19. The zero-order valence-corrected chi connectivity index (χ0v) is 16.7. The number of benzene rings is 2. The van der Waals surface area contributed by atoms with Crippen molar-refractivity contribution < 1.29 is 0 Å². The smallest absolute Gasteiger partial charge is 0.0493 e. The molecule has 3 heterocycles. The van der Waals surface area contributed by atoms with Gasteiger partial charge in [0.05, 0.1) is 0 Å². The van der Waals surface area contributed by atoms with Crippen molar-refractivity contribution in [2.45, 2.75) is 31.7 Å². The molecule has 1 fully saturated rings. The highest BCUT2D eigenvalue weighted by atomic mass is 15.2. The Balaban J connectivity index is 1.68. The number of fused-ring (bicyclic) bond motifs is 3. The Morgan fingerprint density at radius 1 is 0.893 bits per heavy atom. The molecule has 2 aliphatic heterocycles. The Morgan fingerprint density at radius 2 is 1.68 bits per heavy atom. The van der Waals surface area contributed by atoms with E-state index in [2.05, 4.69) is 83.4 Å². The lowest BCUT2D eigenvalue weighted by Gasteiger charge is -2.31. The van der Waals surface area contributed by atoms with Crippen LogP contribution >= 0.6 is 0 Å². The minimum atomic E-state index is 0.518. The van der Waals surface area contributed by atoms with Gasteiger partial charge in [0, 0.05) is 41.3 Å². The Labute approximate surface area is 167 Å². The summed E-state index contributed by atoms with van der Waals surface area (Å²) >= 11 is 0. The third-order valence-corrected chi connectivity index (χ3v) is 6.42. The van der Waals surface area contributed by atoms with Gasteiger partial charge in [-0.2, -0.15) is 0 Å². The first-order valence-electron chi connectivity index (χ1n) is 10.3. The minimum Gasteiger partial charge on any atom is -0.337 e. The zero-order chi connectivity index (χ0) is 19.1. The van der Waals surface area contributed by atoms with E-state index in [-0.39, 0.29) is 0 Å². The van der Waals surface area contributed by atoms with Crippen LogP contribution in [0.1, 0.15) is 29.9 Å². The zero-order valence-electron chi connectivity index (χ0n) is 16.7. The van der Waals surface area contributed by atoms with E-state index in [0.29, 0.717) is 12.0 Å². The predicted molar refractivity (Wildman–Crippen MR) is 116 cm³/mol. The van der Waals surface area contributed by atoms with Crippen molar-refractivity contribution in [2.75, 3.05) is 25.0 Å². The molecule has 2 aliphatic rings. The molecule has 2 unspecified atom stereocenters. The normalized spacial score (nSPS) is 21.9. The third kappa shape index (κ3) is 2.91. The van der Waals surface area contributed by atoms with Crippen molar-refractivity contribution in [3.63, 3.8) is 0 Å². The highest BCUT2D eigenvalue weighted by Crippen LogP contribution is 2.50. The first-order chi connectivity index (χ1) is 13.7. The molecule has 2 aromatic carbocycles. The van der Waals surface area contributed by atoms with Gasteiger partial charge in [-0.15, -0.1) is 0 Å². The summed E-state index contributed by atoms with van der Waals surface area (Å²) in [6, 6.07) is 20.6. The van der Waals surface area contributed by atoms with Crippen LogP contribution in [-0.2, 0) is 0 Å². The molecule has 0 saturated carbocycles. The van der Waals surface area contributed by atoms with E-state index in [4.69, 9.17) is 0 Å². The first-order valence-corrected chi connectivity index (χ1v) is 10.3. The molecule has 1 saturated heterocycles. The first kappa shape index (κ1) is 17.4. The second-order valence-electron chi connectivity index (χ2n) is 8.24. The molecule has 0 bridgehead atoms. The summed E-state index contributed by atoms with van der Waals surface area (Å²) < 4.78 is 0. The molecule has 3 aromatic rings. The molecular weight excluding hydrogens is 342 g/mol. The molecular formula is C25H27N3. The number of pyridine rings is 1. The van der Waals surface area contributed by atoms with Crippen LogP contribution < -0.4 is 4.90 Å². The van der Waals surface area contributed by atoms with E-state index < -0.39 is 0 Å². The SMILES string of the molecule is Cc1ccc2c(c1)C1CCN(C)CCC1N2c1ccccc1-c1ccncc1. The molecule has 3 nitrogen and oxygen atoms in total. The number of aryl methyl sites for hydroxylation is 1. The number of hydrogen-bond donors (Lipinski definition) is 0. The molecule has 1 aromatic heterocycles. The topological polar surface area (TPSA) is 19.4 Å². The van der Waals surface area contributed by atoms with Crippen LogP contribution in [0.25, 0.3) is 11.1 Å². The monoisotopic (exact) mass is 369 g/mol. The van der Waals surface area contributed by atoms with Crippen molar-refractivity contribution in [3.8, 4) is 11.1 Å². The lowest BCUT2D eigenvalue weighted by molar-refractivity contribution is 0.346. The van der Waals surface area contributed by atoms with E-state index in [9.17, 15) is 0 Å². The number of aromatic nitrogens is 1. The fourth-order valence-corrected chi connectivity index (χ4v) is 5.03. The highest BCUT2D eigenvalue weighted by molar-refractivity contribution is 5.85. The lowest BCUT2D eigenvalue weighted by atomic mass is 9.90. The van der Waals surface area contributed by atoms with Crippen LogP contribution in [0.15, 0.2) is 67.0 Å². The molecule has 3 heteroatoms. The Hall–Kier alpha value is -2.65. The summed E-state index contributed by atoms with van der Waals surface area (Å²) in [5.74, 6) is 0.602. The van der Waals surface area contributed by atoms with Crippen LogP contribution in [0.2, 0.25) is 0 Å². The molecule has 0 radical (unpaired) electrons. The summed E-state index contributed by atoms with van der Waals surface area (Å²) in [6.45, 7) is 4.54. The van der Waals surface area contributed by atoms with E-state index >= 15 is 0 Å². The predicted octanol–water partition coefficient (Wildman–Crippen LogP) is 5.39. The molecule has 0 spiro atoms. The van der Waals surface area contributed by atoms with E-state index in [1.54, 1.807) is 0 Å². The lowest BCUT2D eigenvalue weighted by Crippen LogP contribution is -2.31. The molecule has 28 heavy (non-hydrogen) atoms. The van der Waals surface area contributed by atoms with Gasteiger partial charge in [-0.3, -0.25) is 4.98 Å². The maximum atomic E-state index is 4.21. The number of hydrogen-bond acceptors (Lipinski definition) is 3. The van der Waals surface area contributed by atoms with E-state index in [1.807, 2.05) is 12.4 Å². The average Bonchev–Trinajstić information content (AvgIpc) is 2.90. The Bertz CT molecular complexity index is 982. The molecule has 0 amide bonds. The van der Waals surface area contributed by atoms with Gasteiger partial charge in [-0.25, -0.2) is 0 Å². The van der Waals surface area contributed by atoms with Gasteiger partial charge in [-0.1, -0.05) is 35.9 Å². The number of nitrogens with zero attached hydrogens (tertiary/aromatic N) is 3. The van der Waals surface area contributed by atoms with Crippen LogP contribution in [0.3, 0.4) is 0 Å². The number of para-hydroxylation sites is 1. The van der Waals surface area contributed by atoms with Crippen LogP contribution in [0.5, 0.6) is 0 Å². The van der Waals surface area contributed by atoms with Gasteiger partial charge >= 0.3 is 0 Å². The van der Waals surface area contributed by atoms with E-state index in [0.717, 1.165) is 6.54 Å². The molecule has 5 rings (SSSR count). The standard InChI is InChI=1S/C25H27N3/c1-18-7-8-24-22(17-18)21-11-15-27(2)16-12-25(21)28(24)23-6-4-3-5-20(23)19-9-13-26-14-10-19/h3-10,13-14,17,21,25H,11-12,15-16H2,1-2H3. The maximum absolute atomic E-state index is 4.21. The van der Waals surface area contributed by atoms with Gasteiger partial charge in [0.25, 0.3) is 0 Å². The second kappa shape index (κ2) is 7.06. The van der Waals surface area contributed by atoms with E-state index in [1.165, 1.54) is 53.0 Å². The van der Waals surface area contributed by atoms with Crippen molar-refractivity contribution in [1.82, 2.24) is 9.88 Å². The number of anilines is 2. The minimum absolute atomic E-state index is 0.518. The van der Waals surface area contributed by atoms with Gasteiger partial charge in [0.2, 0.25) is 0 Å². The Morgan fingerprint density at radius 3 is 2.54 bits per heavy atom. The maximum Gasteiger partial charge on any atom is 0.0493 e.